The van der Waals surface area contributed by atoms with Crippen molar-refractivity contribution in [1.29, 1.82) is 0 Å². The van der Waals surface area contributed by atoms with Gasteiger partial charge >= 0.3 is 0 Å². The van der Waals surface area contributed by atoms with Gasteiger partial charge in [-0.15, -0.1) is 0 Å². The van der Waals surface area contributed by atoms with Gasteiger partial charge in [0, 0.05) is 13.6 Å². The van der Waals surface area contributed by atoms with Gasteiger partial charge in [0.25, 0.3) is 0 Å². The van der Waals surface area contributed by atoms with Gasteiger partial charge in [-0.1, -0.05) is 105 Å². The second kappa shape index (κ2) is 21.9. The van der Waals surface area contributed by atoms with E-state index in [1.165, 1.54) is 49.7 Å². The molecule has 1 atom stereocenters. The number of allylic oxidation sites excluding steroid dienone is 3. The molecule has 4 N–H and O–H groups in total. The van der Waals surface area contributed by atoms with E-state index in [4.69, 9.17) is 5.73 Å². The fraction of sp³-hybridized carbons (Fsp3) is 0.441. The lowest BCUT2D eigenvalue weighted by molar-refractivity contribution is -0.122. The maximum atomic E-state index is 11.7. The zero-order valence-corrected chi connectivity index (χ0v) is 25.4. The van der Waals surface area contributed by atoms with Crippen LogP contribution in [0.4, 0.5) is 0 Å². The Balaban J connectivity index is 0.000000413. The number of amides is 3. The van der Waals surface area contributed by atoms with Crippen molar-refractivity contribution in [2.75, 3.05) is 13.6 Å². The highest BCUT2D eigenvalue weighted by Gasteiger charge is 2.16. The minimum absolute atomic E-state index is 0.0471. The number of carbonyl (C=O) groups excluding carboxylic acids is 3. The van der Waals surface area contributed by atoms with E-state index in [-0.39, 0.29) is 5.91 Å². The SMILES string of the molecule is C/C=C\C.CC/C=C/N(CC(=O)NC)Cc1ccc(C2CCCCCC2)cc1.NC(=O)C(NC=O)c1ccccc1. The van der Waals surface area contributed by atoms with Gasteiger partial charge in [0.05, 0.1) is 6.54 Å². The molecule has 1 aliphatic carbocycles. The van der Waals surface area contributed by atoms with Crippen molar-refractivity contribution in [3.05, 3.63) is 95.7 Å². The predicted molar refractivity (Wildman–Crippen MR) is 169 cm³/mol. The molecule has 0 aliphatic heterocycles. The molecule has 0 radical (unpaired) electrons. The van der Waals surface area contributed by atoms with Crippen LogP contribution in [0.15, 0.2) is 79.0 Å². The first-order valence-electron chi connectivity index (χ1n) is 14.7. The van der Waals surface area contributed by atoms with Gasteiger partial charge in [0.1, 0.15) is 6.04 Å². The predicted octanol–water partition coefficient (Wildman–Crippen LogP) is 6.14. The van der Waals surface area contributed by atoms with E-state index in [9.17, 15) is 14.4 Å². The second-order valence-corrected chi connectivity index (χ2v) is 10.00. The molecule has 224 valence electrons. The smallest absolute Gasteiger partial charge is 0.244 e. The number of nitrogens with zero attached hydrogens (tertiary/aromatic N) is 1. The summed E-state index contributed by atoms with van der Waals surface area (Å²) < 4.78 is 0. The highest BCUT2D eigenvalue weighted by atomic mass is 16.2. The van der Waals surface area contributed by atoms with Crippen molar-refractivity contribution in [2.45, 2.75) is 84.2 Å². The Labute approximate surface area is 247 Å². The molecule has 3 amide bonds. The first-order valence-corrected chi connectivity index (χ1v) is 14.7. The Kier molecular flexibility index (Phi) is 18.8. The molecule has 0 saturated heterocycles. The van der Waals surface area contributed by atoms with Crippen LogP contribution in [0.1, 0.15) is 94.4 Å². The summed E-state index contributed by atoms with van der Waals surface area (Å²) in [5, 5.41) is 5.04. The van der Waals surface area contributed by atoms with Crippen LogP contribution in [0.5, 0.6) is 0 Å². The first-order chi connectivity index (χ1) is 19.9. The maximum Gasteiger partial charge on any atom is 0.244 e. The Bertz CT molecular complexity index is 1040. The van der Waals surface area contributed by atoms with Crippen LogP contribution in [0.3, 0.4) is 0 Å². The van der Waals surface area contributed by atoms with Gasteiger partial charge in [-0.05, 0) is 61.9 Å². The largest absolute Gasteiger partial charge is 0.368 e. The van der Waals surface area contributed by atoms with Gasteiger partial charge < -0.3 is 21.3 Å². The number of benzene rings is 2. The minimum atomic E-state index is -0.737. The van der Waals surface area contributed by atoms with Crippen LogP contribution in [-0.2, 0) is 20.9 Å². The van der Waals surface area contributed by atoms with Crippen molar-refractivity contribution in [3.8, 4) is 0 Å². The van der Waals surface area contributed by atoms with Crippen LogP contribution in [0.2, 0.25) is 0 Å². The average molecular weight is 563 g/mol. The number of primary amides is 1. The molecule has 41 heavy (non-hydrogen) atoms. The molecule has 2 aromatic rings. The molecule has 0 heterocycles. The van der Waals surface area contributed by atoms with Crippen LogP contribution >= 0.6 is 0 Å². The maximum absolute atomic E-state index is 11.7. The molecule has 1 unspecified atom stereocenters. The van der Waals surface area contributed by atoms with Crippen LogP contribution in [-0.4, -0.2) is 36.7 Å². The Morgan fingerprint density at radius 2 is 1.59 bits per heavy atom. The summed E-state index contributed by atoms with van der Waals surface area (Å²) in [7, 11) is 1.69. The topological polar surface area (TPSA) is 105 Å². The molecular weight excluding hydrogens is 512 g/mol. The Hall–Kier alpha value is -3.87. The van der Waals surface area contributed by atoms with E-state index in [0.29, 0.717) is 18.5 Å². The summed E-state index contributed by atoms with van der Waals surface area (Å²) in [5.74, 6) is 0.215. The molecule has 0 aromatic heterocycles. The van der Waals surface area contributed by atoms with Crippen LogP contribution < -0.4 is 16.4 Å². The lowest BCUT2D eigenvalue weighted by Crippen LogP contribution is -2.32. The fourth-order valence-electron chi connectivity index (χ4n) is 4.48. The van der Waals surface area contributed by atoms with Crippen molar-refractivity contribution >= 4 is 18.2 Å². The summed E-state index contributed by atoms with van der Waals surface area (Å²) in [6.07, 6.45) is 17.8. The molecule has 3 rings (SSSR count). The van der Waals surface area contributed by atoms with E-state index in [1.54, 1.807) is 31.3 Å². The Morgan fingerprint density at radius 3 is 2.07 bits per heavy atom. The van der Waals surface area contributed by atoms with E-state index in [1.807, 2.05) is 38.3 Å². The third-order valence-electron chi connectivity index (χ3n) is 6.85. The molecule has 0 bridgehead atoms. The lowest BCUT2D eigenvalue weighted by Gasteiger charge is -2.20. The minimum Gasteiger partial charge on any atom is -0.368 e. The molecule has 0 spiro atoms. The highest BCUT2D eigenvalue weighted by molar-refractivity contribution is 5.83. The summed E-state index contributed by atoms with van der Waals surface area (Å²) in [5.41, 5.74) is 8.53. The summed E-state index contributed by atoms with van der Waals surface area (Å²) in [6.45, 7) is 7.28. The number of carbonyl (C=O) groups is 3. The van der Waals surface area contributed by atoms with Crippen molar-refractivity contribution < 1.29 is 14.4 Å². The standard InChI is InChI=1S/C21H32N2O.C9H10N2O2.C4H8/c1-3-4-15-23(17-21(24)22-2)16-18-11-13-20(14-12-18)19-9-7-5-6-8-10-19;10-9(13)8(11-6-12)7-4-2-1-3-5-7;1-3-4-2/h4,11-15,19H,3,5-10,16-17H2,1-2H3,(H,22,24);1-6,8H,(H2,10,13)(H,11,12);3-4H,1-2H3/b15-4+;;4-3-. The number of hydrogen-bond donors (Lipinski definition) is 3. The molecule has 7 heteroatoms. The third-order valence-corrected chi connectivity index (χ3v) is 6.85. The average Bonchev–Trinajstić information content (AvgIpc) is 3.29. The second-order valence-electron chi connectivity index (χ2n) is 10.00. The summed E-state index contributed by atoms with van der Waals surface area (Å²) in [4.78, 5) is 34.8. The molecule has 7 nitrogen and oxygen atoms in total. The van der Waals surface area contributed by atoms with Crippen molar-refractivity contribution in [2.24, 2.45) is 5.73 Å². The lowest BCUT2D eigenvalue weighted by atomic mass is 9.91. The molecule has 2 aromatic carbocycles. The highest BCUT2D eigenvalue weighted by Crippen LogP contribution is 2.31. The van der Waals surface area contributed by atoms with Crippen LogP contribution in [0, 0.1) is 0 Å². The number of nitrogens with two attached hydrogens (primary N) is 1. The van der Waals surface area contributed by atoms with E-state index in [0.717, 1.165) is 18.9 Å². The molecule has 1 saturated carbocycles. The van der Waals surface area contributed by atoms with E-state index >= 15 is 0 Å². The number of nitrogens with one attached hydrogen (secondary N) is 2. The zero-order valence-electron chi connectivity index (χ0n) is 25.4. The summed E-state index contributed by atoms with van der Waals surface area (Å²) >= 11 is 0. The summed E-state index contributed by atoms with van der Waals surface area (Å²) in [6, 6.07) is 17.2. The van der Waals surface area contributed by atoms with Gasteiger partial charge in [-0.25, -0.2) is 0 Å². The molecule has 1 aliphatic rings. The van der Waals surface area contributed by atoms with E-state index < -0.39 is 11.9 Å². The quantitative estimate of drug-likeness (QED) is 0.174. The first kappa shape index (κ1) is 35.2. The van der Waals surface area contributed by atoms with Gasteiger partial charge in [-0.3, -0.25) is 14.4 Å². The normalized spacial score (nSPS) is 14.0. The molecule has 1 fully saturated rings. The monoisotopic (exact) mass is 562 g/mol. The zero-order chi connectivity index (χ0) is 30.3. The van der Waals surface area contributed by atoms with Gasteiger partial charge in [-0.2, -0.15) is 0 Å². The van der Waals surface area contributed by atoms with Crippen molar-refractivity contribution in [1.82, 2.24) is 15.5 Å². The van der Waals surface area contributed by atoms with E-state index in [2.05, 4.69) is 52.8 Å². The van der Waals surface area contributed by atoms with Gasteiger partial charge in [0.2, 0.25) is 18.2 Å². The molecular formula is C34H50N4O3. The van der Waals surface area contributed by atoms with Crippen LogP contribution in [0.25, 0.3) is 0 Å². The van der Waals surface area contributed by atoms with Crippen molar-refractivity contribution in [3.63, 3.8) is 0 Å². The number of rotatable bonds is 11. The van der Waals surface area contributed by atoms with Gasteiger partial charge in [0.15, 0.2) is 0 Å². The Morgan fingerprint density at radius 1 is 0.976 bits per heavy atom. The fourth-order valence-corrected chi connectivity index (χ4v) is 4.48. The third kappa shape index (κ3) is 14.9. The number of likely N-dealkylation sites (N-methyl/N-ethyl adjacent to an activating group) is 1. The number of hydrogen-bond acceptors (Lipinski definition) is 4.